The van der Waals surface area contributed by atoms with Crippen LogP contribution >= 0.6 is 23.4 Å². The van der Waals surface area contributed by atoms with Crippen LogP contribution in [0.25, 0.3) is 0 Å². The lowest BCUT2D eigenvalue weighted by atomic mass is 10.2. The molecule has 0 saturated carbocycles. The van der Waals surface area contributed by atoms with Crippen molar-refractivity contribution in [3.05, 3.63) is 45.8 Å². The molecule has 5 heteroatoms. The number of hydrogen-bond acceptors (Lipinski definition) is 4. The molecule has 0 amide bonds. The van der Waals surface area contributed by atoms with Gasteiger partial charge in [0.1, 0.15) is 5.76 Å². The van der Waals surface area contributed by atoms with Crippen molar-refractivity contribution in [2.24, 2.45) is 0 Å². The van der Waals surface area contributed by atoms with Crippen molar-refractivity contribution in [3.8, 4) is 6.07 Å². The summed E-state index contributed by atoms with van der Waals surface area (Å²) in [6.45, 7) is 3.80. The second-order valence-corrected chi connectivity index (χ2v) is 5.16. The van der Waals surface area contributed by atoms with Gasteiger partial charge >= 0.3 is 0 Å². The molecule has 3 nitrogen and oxygen atoms in total. The second-order valence-electron chi connectivity index (χ2n) is 3.83. The molecule has 1 heterocycles. The van der Waals surface area contributed by atoms with Crippen molar-refractivity contribution in [1.82, 2.24) is 4.98 Å². The van der Waals surface area contributed by atoms with Crippen LogP contribution in [0, 0.1) is 25.2 Å². The fourth-order valence-corrected chi connectivity index (χ4v) is 2.62. The lowest BCUT2D eigenvalue weighted by Gasteiger charge is -2.02. The Hall–Kier alpha value is -1.44. The number of rotatable bonds is 3. The van der Waals surface area contributed by atoms with Gasteiger partial charge in [-0.3, -0.25) is 0 Å². The molecule has 0 fully saturated rings. The molecule has 92 valence electrons. The van der Waals surface area contributed by atoms with E-state index >= 15 is 0 Å². The van der Waals surface area contributed by atoms with E-state index in [2.05, 4.69) is 11.1 Å². The lowest BCUT2D eigenvalue weighted by molar-refractivity contribution is 0.431. The monoisotopic (exact) mass is 278 g/mol. The molecule has 0 atom stereocenters. The number of nitrogens with zero attached hydrogens (tertiary/aromatic N) is 2. The number of aryl methyl sites for hydroxylation is 2. The Morgan fingerprint density at radius 3 is 2.78 bits per heavy atom. The highest BCUT2D eigenvalue weighted by atomic mass is 35.5. The minimum atomic E-state index is 0.566. The first kappa shape index (κ1) is 13.0. The van der Waals surface area contributed by atoms with Crippen LogP contribution in [0.2, 0.25) is 5.02 Å². The van der Waals surface area contributed by atoms with Gasteiger partial charge in [-0.25, -0.2) is 4.98 Å². The summed E-state index contributed by atoms with van der Waals surface area (Å²) in [7, 11) is 0. The molecule has 0 aliphatic heterocycles. The maximum absolute atomic E-state index is 8.76. The minimum absolute atomic E-state index is 0.566. The molecule has 0 N–H and O–H groups in total. The van der Waals surface area contributed by atoms with Gasteiger partial charge in [0, 0.05) is 10.8 Å². The topological polar surface area (TPSA) is 49.8 Å². The van der Waals surface area contributed by atoms with Crippen molar-refractivity contribution in [1.29, 1.82) is 5.26 Å². The van der Waals surface area contributed by atoms with Crippen LogP contribution in [0.3, 0.4) is 0 Å². The molecule has 0 bridgehead atoms. The highest BCUT2D eigenvalue weighted by molar-refractivity contribution is 7.98. The number of thioether (sulfide) groups is 1. The molecule has 0 spiro atoms. The summed E-state index contributed by atoms with van der Waals surface area (Å²) in [5.74, 6) is 1.51. The van der Waals surface area contributed by atoms with Crippen molar-refractivity contribution < 1.29 is 4.42 Å². The fraction of sp³-hybridized carbons (Fsp3) is 0.231. The summed E-state index contributed by atoms with van der Waals surface area (Å²) < 4.78 is 5.48. The number of nitriles is 1. The van der Waals surface area contributed by atoms with Gasteiger partial charge in [0.15, 0.2) is 0 Å². The minimum Gasteiger partial charge on any atom is -0.437 e. The number of benzene rings is 1. The van der Waals surface area contributed by atoms with Gasteiger partial charge in [0.2, 0.25) is 0 Å². The lowest BCUT2D eigenvalue weighted by Crippen LogP contribution is -1.84. The fourth-order valence-electron chi connectivity index (χ4n) is 1.38. The average Bonchev–Trinajstić information content (AvgIpc) is 2.67. The van der Waals surface area contributed by atoms with Gasteiger partial charge in [-0.2, -0.15) is 5.26 Å². The molecule has 2 aromatic rings. The van der Waals surface area contributed by atoms with Crippen LogP contribution in [0.5, 0.6) is 0 Å². The van der Waals surface area contributed by atoms with E-state index < -0.39 is 0 Å². The van der Waals surface area contributed by atoms with Crippen LogP contribution in [0.4, 0.5) is 0 Å². The molecular weight excluding hydrogens is 268 g/mol. The van der Waals surface area contributed by atoms with Crippen molar-refractivity contribution in [2.45, 2.75) is 24.8 Å². The summed E-state index contributed by atoms with van der Waals surface area (Å²) in [6.07, 6.45) is 0. The van der Waals surface area contributed by atoms with Crippen LogP contribution in [-0.2, 0) is 5.75 Å². The van der Waals surface area contributed by atoms with E-state index in [1.165, 1.54) is 11.8 Å². The van der Waals surface area contributed by atoms with Crippen LogP contribution in [0.1, 0.15) is 22.6 Å². The van der Waals surface area contributed by atoms with E-state index in [1.807, 2.05) is 19.9 Å². The van der Waals surface area contributed by atoms with Gasteiger partial charge in [-0.05, 0) is 31.5 Å². The summed E-state index contributed by atoms with van der Waals surface area (Å²) in [4.78, 5) is 4.29. The molecule has 0 saturated heterocycles. The number of aromatic nitrogens is 1. The summed E-state index contributed by atoms with van der Waals surface area (Å²) in [5, 5.41) is 10.00. The Bertz CT molecular complexity index is 596. The van der Waals surface area contributed by atoms with Crippen LogP contribution < -0.4 is 0 Å². The third-order valence-corrected chi connectivity index (χ3v) is 3.77. The van der Waals surface area contributed by atoms with E-state index in [1.54, 1.807) is 12.1 Å². The van der Waals surface area contributed by atoms with Crippen molar-refractivity contribution in [3.63, 3.8) is 0 Å². The largest absolute Gasteiger partial charge is 0.437 e. The number of oxazole rings is 1. The maximum atomic E-state index is 8.76. The second kappa shape index (κ2) is 5.47. The quantitative estimate of drug-likeness (QED) is 0.793. The maximum Gasteiger partial charge on any atom is 0.256 e. The first-order valence-electron chi connectivity index (χ1n) is 5.35. The molecule has 0 aliphatic carbocycles. The molecule has 2 rings (SSSR count). The van der Waals surface area contributed by atoms with Crippen molar-refractivity contribution >= 4 is 23.4 Å². The van der Waals surface area contributed by atoms with Crippen LogP contribution in [-0.4, -0.2) is 4.98 Å². The predicted molar refractivity (Wildman–Crippen MR) is 71.7 cm³/mol. The molecular formula is C13H11ClN2OS. The summed E-state index contributed by atoms with van der Waals surface area (Å²) >= 11 is 7.59. The Morgan fingerprint density at radius 2 is 2.22 bits per heavy atom. The zero-order valence-corrected chi connectivity index (χ0v) is 11.6. The molecule has 1 aromatic heterocycles. The zero-order chi connectivity index (χ0) is 13.1. The van der Waals surface area contributed by atoms with Crippen molar-refractivity contribution in [2.75, 3.05) is 0 Å². The van der Waals surface area contributed by atoms with E-state index in [0.717, 1.165) is 17.0 Å². The third kappa shape index (κ3) is 2.87. The average molecular weight is 279 g/mol. The van der Waals surface area contributed by atoms with Crippen LogP contribution in [0.15, 0.2) is 27.8 Å². The Kier molecular flexibility index (Phi) is 3.95. The predicted octanol–water partition coefficient (Wildman–Crippen LogP) is 4.11. The SMILES string of the molecule is Cc1nc(SCc2ccc(C#N)cc2Cl)oc1C. The Morgan fingerprint density at radius 1 is 1.44 bits per heavy atom. The molecule has 18 heavy (non-hydrogen) atoms. The molecule has 0 radical (unpaired) electrons. The zero-order valence-electron chi connectivity index (χ0n) is 10.0. The molecule has 0 unspecified atom stereocenters. The van der Waals surface area contributed by atoms with E-state index in [4.69, 9.17) is 21.3 Å². The summed E-state index contributed by atoms with van der Waals surface area (Å²) in [6, 6.07) is 7.34. The Labute approximate surface area is 115 Å². The first-order chi connectivity index (χ1) is 8.60. The van der Waals surface area contributed by atoms with Gasteiger partial charge in [0.25, 0.3) is 5.22 Å². The highest BCUT2D eigenvalue weighted by Gasteiger charge is 2.08. The molecule has 0 aliphatic rings. The third-order valence-electron chi connectivity index (χ3n) is 2.54. The summed E-state index contributed by atoms with van der Waals surface area (Å²) in [5.41, 5.74) is 2.44. The van der Waals surface area contributed by atoms with Gasteiger partial charge in [-0.1, -0.05) is 29.4 Å². The molecule has 1 aromatic carbocycles. The van der Waals surface area contributed by atoms with E-state index in [0.29, 0.717) is 21.6 Å². The first-order valence-corrected chi connectivity index (χ1v) is 6.72. The Balaban J connectivity index is 2.09. The number of halogens is 1. The van der Waals surface area contributed by atoms with Gasteiger partial charge in [-0.15, -0.1) is 0 Å². The van der Waals surface area contributed by atoms with E-state index in [-0.39, 0.29) is 0 Å². The standard InChI is InChI=1S/C13H11ClN2OS/c1-8-9(2)17-13(16-8)18-7-11-4-3-10(6-15)5-12(11)14/h3-5H,7H2,1-2H3. The smallest absolute Gasteiger partial charge is 0.256 e. The normalized spacial score (nSPS) is 10.3. The van der Waals surface area contributed by atoms with Gasteiger partial charge < -0.3 is 4.42 Å². The number of hydrogen-bond donors (Lipinski definition) is 0. The highest BCUT2D eigenvalue weighted by Crippen LogP contribution is 2.27. The van der Waals surface area contributed by atoms with E-state index in [9.17, 15) is 0 Å². The van der Waals surface area contributed by atoms with Gasteiger partial charge in [0.05, 0.1) is 17.3 Å².